The number of amides is 1. The molecule has 1 aliphatic rings. The largest absolute Gasteiger partial charge is 0.505 e. The molecule has 1 aliphatic heterocycles. The second-order valence-electron chi connectivity index (χ2n) is 15.5. The first-order valence-corrected chi connectivity index (χ1v) is 25.4. The number of hydrogen-bond donors (Lipinski definition) is 8. The minimum Gasteiger partial charge on any atom is -0.505 e. The minimum absolute atomic E-state index is 0.0260. The Morgan fingerprint density at radius 2 is 1.34 bits per heavy atom. The Labute approximate surface area is 425 Å². The zero-order valence-corrected chi connectivity index (χ0v) is 40.3. The number of aliphatic carboxylic acids is 1. The number of aromatic amines is 1. The topological polar surface area (TPSA) is 458 Å². The number of ether oxygens (including phenoxy) is 2. The van der Waals surface area contributed by atoms with Crippen LogP contribution in [0.5, 0.6) is 17.2 Å². The molecule has 0 saturated heterocycles. The van der Waals surface area contributed by atoms with Crippen molar-refractivity contribution >= 4 is 110 Å². The number of anilines is 1. The zero-order chi connectivity index (χ0) is 54.9. The van der Waals surface area contributed by atoms with E-state index in [0.29, 0.717) is 22.2 Å². The number of nitrogens with one attached hydrogen (secondary N) is 1. The van der Waals surface area contributed by atoms with Gasteiger partial charge >= 0.3 is 5.97 Å². The standard InChI is InChI=1S/C43H33N11O19S3/c55-13-15-72-31-20-30(32(73-16-14-56)19-29(31)48-47-27-12-8-25(54(61)62)18-33(27)75(66,67)68)49-50-37-34(76(69,70)71)17-22-3-11-28-36(35(22)40(37)57)45-41(44-28)21-1-4-23(5-2-21)46-51-38-39(43(59)60)52-53(42(38)58)24-6-9-26(10-7-24)74(63,64)65/h1-12,17-20,38,55-57H,13-16H2,(H,44,45)(H,59,60)(H,63,64,65)(H,66,67,68)(H,69,70,71). The summed E-state index contributed by atoms with van der Waals surface area (Å²) < 4.78 is 113. The summed E-state index contributed by atoms with van der Waals surface area (Å²) in [7, 11) is -14.8. The number of azo groups is 3. The Balaban J connectivity index is 1.12. The second kappa shape index (κ2) is 21.0. The van der Waals surface area contributed by atoms with Crippen LogP contribution in [-0.2, 0) is 39.9 Å². The average Bonchev–Trinajstić information content (AvgIpc) is 3.99. The number of nitrogens with zero attached hydrogens (tertiary/aromatic N) is 10. The van der Waals surface area contributed by atoms with Gasteiger partial charge in [0.05, 0.1) is 45.3 Å². The van der Waals surface area contributed by atoms with Gasteiger partial charge in [-0.25, -0.2) is 9.78 Å². The number of imidazole rings is 1. The normalized spacial score (nSPS) is 14.4. The molecule has 8 rings (SSSR count). The molecule has 0 saturated carbocycles. The number of H-pyrrole nitrogens is 1. The fraction of sp³-hybridized carbons (Fsp3) is 0.116. The number of hydrazone groups is 1. The number of carboxylic acid groups (broad SMARTS) is 1. The van der Waals surface area contributed by atoms with Crippen LogP contribution in [0.1, 0.15) is 0 Å². The highest BCUT2D eigenvalue weighted by Gasteiger charge is 2.41. The highest BCUT2D eigenvalue weighted by Crippen LogP contribution is 2.46. The van der Waals surface area contributed by atoms with E-state index in [1.165, 1.54) is 36.4 Å². The molecule has 6 aromatic carbocycles. The number of aliphatic hydroxyl groups excluding tert-OH is 2. The van der Waals surface area contributed by atoms with Crippen molar-refractivity contribution in [1.29, 1.82) is 0 Å². The Bertz CT molecular complexity index is 4000. The number of carbonyl (C=O) groups excluding carboxylic acids is 1. The summed E-state index contributed by atoms with van der Waals surface area (Å²) >= 11 is 0. The number of phenols is 1. The van der Waals surface area contributed by atoms with Crippen molar-refractivity contribution in [1.82, 2.24) is 9.97 Å². The summed E-state index contributed by atoms with van der Waals surface area (Å²) in [6.45, 7) is -1.92. The third-order valence-electron chi connectivity index (χ3n) is 10.6. The number of nitro groups is 1. The van der Waals surface area contributed by atoms with Crippen LogP contribution < -0.4 is 14.5 Å². The molecule has 0 fully saturated rings. The van der Waals surface area contributed by atoms with Crippen LogP contribution in [0.25, 0.3) is 33.2 Å². The van der Waals surface area contributed by atoms with Crippen molar-refractivity contribution in [3.8, 4) is 28.6 Å². The number of carbonyl (C=O) groups is 2. The number of carboxylic acids is 1. The van der Waals surface area contributed by atoms with Crippen LogP contribution in [0.15, 0.2) is 148 Å². The molecule has 1 unspecified atom stereocenters. The van der Waals surface area contributed by atoms with E-state index >= 15 is 0 Å². The maximum atomic E-state index is 13.2. The van der Waals surface area contributed by atoms with E-state index in [2.05, 4.69) is 45.8 Å². The lowest BCUT2D eigenvalue weighted by molar-refractivity contribution is -0.385. The molecule has 33 heteroatoms. The molecule has 392 valence electrons. The van der Waals surface area contributed by atoms with Gasteiger partial charge in [-0.2, -0.15) is 45.6 Å². The number of benzene rings is 6. The number of aliphatic hydroxyl groups is 2. The highest BCUT2D eigenvalue weighted by atomic mass is 32.2. The number of phenolic OH excluding ortho intramolecular Hbond substituents is 1. The molecule has 0 bridgehead atoms. The van der Waals surface area contributed by atoms with Crippen LogP contribution in [0.3, 0.4) is 0 Å². The number of aromatic hydroxyl groups is 1. The Morgan fingerprint density at radius 3 is 1.91 bits per heavy atom. The quantitative estimate of drug-likeness (QED) is 0.0192. The maximum absolute atomic E-state index is 13.2. The molecular weight excluding hydrogens is 1070 g/mol. The summed E-state index contributed by atoms with van der Waals surface area (Å²) in [6.07, 6.45) is 0. The second-order valence-corrected chi connectivity index (χ2v) is 19.7. The van der Waals surface area contributed by atoms with Gasteiger partial charge in [-0.1, -0.05) is 6.07 Å². The first-order chi connectivity index (χ1) is 36.0. The number of rotatable bonds is 19. The van der Waals surface area contributed by atoms with Crippen molar-refractivity contribution < 1.29 is 83.3 Å². The first-order valence-electron chi connectivity index (χ1n) is 21.1. The average molecular weight is 1100 g/mol. The lowest BCUT2D eigenvalue weighted by Gasteiger charge is -2.13. The van der Waals surface area contributed by atoms with Crippen LogP contribution in [0, 0.1) is 10.1 Å². The summed E-state index contributed by atoms with van der Waals surface area (Å²) in [5.74, 6) is -3.71. The third kappa shape index (κ3) is 11.2. The fourth-order valence-corrected chi connectivity index (χ4v) is 8.93. The van der Waals surface area contributed by atoms with Gasteiger partial charge in [0.2, 0.25) is 6.04 Å². The van der Waals surface area contributed by atoms with Crippen molar-refractivity contribution in [3.63, 3.8) is 0 Å². The monoisotopic (exact) mass is 1100 g/mol. The van der Waals surface area contributed by atoms with Gasteiger partial charge in [-0.15, -0.1) is 20.5 Å². The number of nitro benzene ring substituents is 1. The molecule has 1 amide bonds. The maximum Gasteiger partial charge on any atom is 0.355 e. The van der Waals surface area contributed by atoms with Crippen LogP contribution in [0.2, 0.25) is 0 Å². The van der Waals surface area contributed by atoms with Gasteiger partial charge in [0.25, 0.3) is 41.9 Å². The van der Waals surface area contributed by atoms with Crippen molar-refractivity contribution in [2.75, 3.05) is 31.4 Å². The number of aromatic nitrogens is 2. The Hall–Kier alpha value is -9.09. The number of non-ortho nitro benzene ring substituents is 1. The summed E-state index contributed by atoms with van der Waals surface area (Å²) in [6, 6.07) is 16.8. The van der Waals surface area contributed by atoms with E-state index in [1.807, 2.05) is 0 Å². The van der Waals surface area contributed by atoms with Gasteiger partial charge in [0, 0.05) is 29.8 Å². The molecule has 7 aromatic rings. The van der Waals surface area contributed by atoms with E-state index in [9.17, 15) is 79.0 Å². The Kier molecular flexibility index (Phi) is 14.7. The van der Waals surface area contributed by atoms with Gasteiger partial charge in [0.15, 0.2) is 11.5 Å². The van der Waals surface area contributed by atoms with Gasteiger partial charge in [-0.3, -0.25) is 28.6 Å². The molecule has 0 aliphatic carbocycles. The van der Waals surface area contributed by atoms with E-state index in [1.54, 1.807) is 0 Å². The van der Waals surface area contributed by atoms with Gasteiger partial charge in [0.1, 0.15) is 68.6 Å². The van der Waals surface area contributed by atoms with Gasteiger partial charge in [-0.05, 0) is 72.1 Å². The van der Waals surface area contributed by atoms with Gasteiger partial charge < -0.3 is 34.9 Å². The van der Waals surface area contributed by atoms with Crippen LogP contribution in [0.4, 0.5) is 39.8 Å². The van der Waals surface area contributed by atoms with Crippen LogP contribution in [-0.4, -0.2) is 124 Å². The Morgan fingerprint density at radius 1 is 0.737 bits per heavy atom. The molecule has 76 heavy (non-hydrogen) atoms. The molecule has 1 aromatic heterocycles. The smallest absolute Gasteiger partial charge is 0.355 e. The van der Waals surface area contributed by atoms with Crippen molar-refractivity contribution in [2.45, 2.75) is 20.7 Å². The molecule has 30 nitrogen and oxygen atoms in total. The van der Waals surface area contributed by atoms with E-state index < -0.39 is 123 Å². The summed E-state index contributed by atoms with van der Waals surface area (Å²) in [4.78, 5) is 40.9. The van der Waals surface area contributed by atoms with Crippen molar-refractivity contribution in [3.05, 3.63) is 107 Å². The molecule has 0 spiro atoms. The van der Waals surface area contributed by atoms with E-state index in [0.717, 1.165) is 54.6 Å². The molecule has 2 heterocycles. The minimum atomic E-state index is -5.18. The predicted molar refractivity (Wildman–Crippen MR) is 260 cm³/mol. The molecule has 8 N–H and O–H groups in total. The first kappa shape index (κ1) is 53.2. The third-order valence-corrected chi connectivity index (χ3v) is 13.2. The molecule has 1 atom stereocenters. The molecular formula is C43H33N11O19S3. The lowest BCUT2D eigenvalue weighted by atomic mass is 10.1. The highest BCUT2D eigenvalue weighted by molar-refractivity contribution is 7.86. The summed E-state index contributed by atoms with van der Waals surface area (Å²) in [5, 5.41) is 80.2. The molecule has 0 radical (unpaired) electrons. The summed E-state index contributed by atoms with van der Waals surface area (Å²) in [5.41, 5.74) is -2.44. The number of fused-ring (bicyclic) bond motifs is 3. The fourth-order valence-electron chi connectivity index (χ4n) is 7.15. The van der Waals surface area contributed by atoms with E-state index in [4.69, 9.17) is 9.47 Å². The zero-order valence-electron chi connectivity index (χ0n) is 37.9. The number of hydrogen-bond acceptors (Lipinski definition) is 23. The predicted octanol–water partition coefficient (Wildman–Crippen LogP) is 6.25. The van der Waals surface area contributed by atoms with Crippen molar-refractivity contribution in [2.24, 2.45) is 35.8 Å². The van der Waals surface area contributed by atoms with Crippen LogP contribution >= 0.6 is 0 Å². The van der Waals surface area contributed by atoms with E-state index in [-0.39, 0.29) is 56.4 Å². The lowest BCUT2D eigenvalue weighted by Crippen LogP contribution is -2.33. The SMILES string of the molecule is O=C(O)C1=NN(c2ccc(S(=O)(=O)O)cc2)C(=O)C1N=Nc1ccc(-c2nc3c(ccc4cc(S(=O)(=O)O)c(N=Nc5cc(OCCO)c(N=Nc6ccc([N+](=O)[O-])cc6S(=O)(=O)O)cc5OCCO)c(O)c43)[nH]2)cc1.